The molecule has 2 N–H and O–H groups in total. The van der Waals surface area contributed by atoms with Crippen molar-refractivity contribution in [2.24, 2.45) is 5.92 Å². The maximum Gasteiger partial charge on any atom is 0.289 e. The number of ether oxygens (including phenoxy) is 1. The van der Waals surface area contributed by atoms with E-state index in [2.05, 4.69) is 10.6 Å². The largest absolute Gasteiger partial charge is 0.497 e. The second-order valence-corrected chi connectivity index (χ2v) is 7.76. The Labute approximate surface area is 191 Å². The van der Waals surface area contributed by atoms with Gasteiger partial charge in [0.2, 0.25) is 5.91 Å². The average molecular weight is 447 g/mol. The van der Waals surface area contributed by atoms with Gasteiger partial charge in [-0.15, -0.1) is 0 Å². The van der Waals surface area contributed by atoms with Gasteiger partial charge in [-0.05, 0) is 61.4 Å². The molecule has 0 atom stereocenters. The van der Waals surface area contributed by atoms with Crippen molar-refractivity contribution < 1.29 is 23.5 Å². The van der Waals surface area contributed by atoms with Crippen LogP contribution in [0.25, 0.3) is 0 Å². The Hall–Kier alpha value is -4.07. The van der Waals surface area contributed by atoms with Crippen LogP contribution >= 0.6 is 0 Å². The van der Waals surface area contributed by atoms with Crippen LogP contribution in [-0.2, 0) is 4.79 Å². The van der Waals surface area contributed by atoms with E-state index in [-0.39, 0.29) is 23.6 Å². The number of para-hydroxylation sites is 1. The Morgan fingerprint density at radius 1 is 0.939 bits per heavy atom. The highest BCUT2D eigenvalue weighted by Gasteiger charge is 2.29. The van der Waals surface area contributed by atoms with E-state index in [1.165, 1.54) is 6.26 Å². The van der Waals surface area contributed by atoms with Crippen LogP contribution in [0, 0.1) is 5.92 Å². The molecule has 1 aliphatic rings. The fourth-order valence-electron chi connectivity index (χ4n) is 3.80. The third-order valence-corrected chi connectivity index (χ3v) is 5.66. The third-order valence-electron chi connectivity index (χ3n) is 5.66. The lowest BCUT2D eigenvalue weighted by atomic mass is 9.95. The number of furan rings is 1. The van der Waals surface area contributed by atoms with Gasteiger partial charge in [0.25, 0.3) is 11.8 Å². The zero-order valence-electron chi connectivity index (χ0n) is 18.2. The van der Waals surface area contributed by atoms with Crippen molar-refractivity contribution >= 4 is 29.1 Å². The van der Waals surface area contributed by atoms with Crippen LogP contribution in [0.1, 0.15) is 33.8 Å². The zero-order chi connectivity index (χ0) is 23.2. The Kier molecular flexibility index (Phi) is 6.73. The van der Waals surface area contributed by atoms with Crippen molar-refractivity contribution in [3.8, 4) is 5.75 Å². The lowest BCUT2D eigenvalue weighted by molar-refractivity contribution is -0.121. The zero-order valence-corrected chi connectivity index (χ0v) is 18.2. The lowest BCUT2D eigenvalue weighted by Gasteiger charge is -2.30. The van der Waals surface area contributed by atoms with E-state index in [0.29, 0.717) is 54.4 Å². The number of hydrogen-bond donors (Lipinski definition) is 2. The van der Waals surface area contributed by atoms with Crippen LogP contribution < -0.4 is 15.4 Å². The quantitative estimate of drug-likeness (QED) is 0.594. The molecule has 0 bridgehead atoms. The maximum absolute atomic E-state index is 12.9. The smallest absolute Gasteiger partial charge is 0.289 e. The van der Waals surface area contributed by atoms with Crippen LogP contribution in [0.4, 0.5) is 11.4 Å². The molecule has 170 valence electrons. The topological polar surface area (TPSA) is 101 Å². The summed E-state index contributed by atoms with van der Waals surface area (Å²) in [6.07, 6.45) is 2.55. The van der Waals surface area contributed by atoms with E-state index >= 15 is 0 Å². The van der Waals surface area contributed by atoms with Crippen LogP contribution in [0.2, 0.25) is 0 Å². The number of carbonyl (C=O) groups is 3. The molecule has 8 heteroatoms. The van der Waals surface area contributed by atoms with E-state index in [4.69, 9.17) is 9.15 Å². The summed E-state index contributed by atoms with van der Waals surface area (Å²) < 4.78 is 10.3. The van der Waals surface area contributed by atoms with E-state index < -0.39 is 0 Å². The average Bonchev–Trinajstić information content (AvgIpc) is 3.39. The van der Waals surface area contributed by atoms with Gasteiger partial charge < -0.3 is 24.7 Å². The number of methoxy groups -OCH3 is 1. The molecule has 3 aromatic rings. The number of anilines is 2. The van der Waals surface area contributed by atoms with Gasteiger partial charge in [-0.3, -0.25) is 14.4 Å². The normalized spacial score (nSPS) is 13.9. The molecule has 3 amide bonds. The van der Waals surface area contributed by atoms with Gasteiger partial charge in [-0.1, -0.05) is 12.1 Å². The Morgan fingerprint density at radius 3 is 2.33 bits per heavy atom. The van der Waals surface area contributed by atoms with E-state index in [0.717, 1.165) is 0 Å². The minimum Gasteiger partial charge on any atom is -0.497 e. The molecule has 2 heterocycles. The highest BCUT2D eigenvalue weighted by Crippen LogP contribution is 2.24. The molecule has 0 radical (unpaired) electrons. The van der Waals surface area contributed by atoms with E-state index in [1.54, 1.807) is 72.7 Å². The summed E-state index contributed by atoms with van der Waals surface area (Å²) in [5.41, 5.74) is 1.44. The molecule has 0 unspecified atom stereocenters. The lowest BCUT2D eigenvalue weighted by Crippen LogP contribution is -2.41. The highest BCUT2D eigenvalue weighted by atomic mass is 16.5. The Balaban J connectivity index is 1.36. The number of nitrogens with zero attached hydrogens (tertiary/aromatic N) is 1. The molecule has 4 rings (SSSR count). The van der Waals surface area contributed by atoms with Crippen LogP contribution in [0.15, 0.2) is 71.3 Å². The van der Waals surface area contributed by atoms with Crippen molar-refractivity contribution in [2.75, 3.05) is 30.8 Å². The molecular weight excluding hydrogens is 422 g/mol. The van der Waals surface area contributed by atoms with Gasteiger partial charge in [0.05, 0.1) is 24.6 Å². The molecule has 0 spiro atoms. The van der Waals surface area contributed by atoms with Gasteiger partial charge >= 0.3 is 0 Å². The molecule has 2 aromatic carbocycles. The summed E-state index contributed by atoms with van der Waals surface area (Å²) in [4.78, 5) is 39.8. The number of nitrogens with one attached hydrogen (secondary N) is 2. The molecule has 8 nitrogen and oxygen atoms in total. The minimum absolute atomic E-state index is 0.162. The van der Waals surface area contributed by atoms with Gasteiger partial charge in [0.15, 0.2) is 5.76 Å². The first-order valence-electron chi connectivity index (χ1n) is 10.7. The van der Waals surface area contributed by atoms with Gasteiger partial charge in [0, 0.05) is 24.7 Å². The van der Waals surface area contributed by atoms with Crippen LogP contribution in [0.5, 0.6) is 5.75 Å². The number of rotatable bonds is 6. The summed E-state index contributed by atoms with van der Waals surface area (Å²) >= 11 is 0. The fourth-order valence-corrected chi connectivity index (χ4v) is 3.80. The fraction of sp³-hybridized carbons (Fsp3) is 0.240. The minimum atomic E-state index is -0.324. The van der Waals surface area contributed by atoms with Crippen LogP contribution in [-0.4, -0.2) is 42.8 Å². The summed E-state index contributed by atoms with van der Waals surface area (Å²) in [6.45, 7) is 0.939. The number of hydrogen-bond acceptors (Lipinski definition) is 5. The summed E-state index contributed by atoms with van der Waals surface area (Å²) in [7, 11) is 1.58. The first-order valence-corrected chi connectivity index (χ1v) is 10.7. The first-order chi connectivity index (χ1) is 16.0. The molecule has 1 aromatic heterocycles. The highest BCUT2D eigenvalue weighted by molar-refractivity contribution is 6.10. The van der Waals surface area contributed by atoms with Gasteiger partial charge in [0.1, 0.15) is 5.75 Å². The monoisotopic (exact) mass is 447 g/mol. The van der Waals surface area contributed by atoms with Crippen molar-refractivity contribution in [1.29, 1.82) is 0 Å². The van der Waals surface area contributed by atoms with E-state index in [1.807, 2.05) is 0 Å². The molecule has 1 saturated heterocycles. The molecule has 1 fully saturated rings. The SMILES string of the molecule is COc1ccc(NC(=O)c2ccccc2NC(=O)C2CCN(C(=O)c3ccco3)CC2)cc1. The summed E-state index contributed by atoms with van der Waals surface area (Å²) in [5, 5.41) is 5.73. The van der Waals surface area contributed by atoms with Crippen molar-refractivity contribution in [2.45, 2.75) is 12.8 Å². The summed E-state index contributed by atoms with van der Waals surface area (Å²) in [5.74, 6) is 0.0924. The molecule has 0 saturated carbocycles. The number of amides is 3. The van der Waals surface area contributed by atoms with Crippen molar-refractivity contribution in [3.05, 3.63) is 78.3 Å². The molecule has 33 heavy (non-hydrogen) atoms. The summed E-state index contributed by atoms with van der Waals surface area (Å²) in [6, 6.07) is 17.2. The second-order valence-electron chi connectivity index (χ2n) is 7.76. The number of likely N-dealkylation sites (tertiary alicyclic amines) is 1. The van der Waals surface area contributed by atoms with Crippen molar-refractivity contribution in [1.82, 2.24) is 4.90 Å². The van der Waals surface area contributed by atoms with Gasteiger partial charge in [-0.25, -0.2) is 0 Å². The molecule has 0 aliphatic carbocycles. The third kappa shape index (κ3) is 5.23. The van der Waals surface area contributed by atoms with E-state index in [9.17, 15) is 14.4 Å². The number of benzene rings is 2. The Bertz CT molecular complexity index is 1120. The standard InChI is InChI=1S/C25H25N3O5/c1-32-19-10-8-18(9-11-19)26-24(30)20-5-2-3-6-21(20)27-23(29)17-12-14-28(15-13-17)25(31)22-7-4-16-33-22/h2-11,16-17H,12-15H2,1H3,(H,26,30)(H,27,29). The maximum atomic E-state index is 12.9. The predicted octanol–water partition coefficient (Wildman–Crippen LogP) is 4.03. The van der Waals surface area contributed by atoms with Crippen molar-refractivity contribution in [3.63, 3.8) is 0 Å². The Morgan fingerprint density at radius 2 is 1.67 bits per heavy atom. The molecule has 1 aliphatic heterocycles. The second kappa shape index (κ2) is 10.0. The predicted molar refractivity (Wildman–Crippen MR) is 123 cm³/mol. The first kappa shape index (κ1) is 22.1. The molecular formula is C25H25N3O5. The van der Waals surface area contributed by atoms with Gasteiger partial charge in [-0.2, -0.15) is 0 Å². The number of carbonyl (C=O) groups excluding carboxylic acids is 3. The van der Waals surface area contributed by atoms with Crippen LogP contribution in [0.3, 0.4) is 0 Å². The number of piperidine rings is 1.